The Morgan fingerprint density at radius 2 is 2.25 bits per heavy atom. The Kier molecular flexibility index (Phi) is 9.06. The number of carbonyl (C=O) groups is 1. The number of alkyl halides is 1. The fourth-order valence-corrected chi connectivity index (χ4v) is 1.08. The lowest BCUT2D eigenvalue weighted by atomic mass is 10.2. The van der Waals surface area contributed by atoms with E-state index in [2.05, 4.69) is 15.9 Å². The van der Waals surface area contributed by atoms with E-state index in [9.17, 15) is 4.79 Å². The van der Waals surface area contributed by atoms with Gasteiger partial charge in [0, 0.05) is 17.3 Å². The molecular formula is C8H12BrClO2. The van der Waals surface area contributed by atoms with Gasteiger partial charge in [-0.25, -0.2) is 0 Å². The smallest absolute Gasteiger partial charge is 0.306 e. The second-order valence-corrected chi connectivity index (χ2v) is 3.24. The van der Waals surface area contributed by atoms with Crippen LogP contribution < -0.4 is 0 Å². The van der Waals surface area contributed by atoms with Crippen molar-refractivity contribution in [2.75, 3.05) is 11.9 Å². The first kappa shape index (κ1) is 12.0. The van der Waals surface area contributed by atoms with Gasteiger partial charge in [0.15, 0.2) is 0 Å². The molecule has 0 aromatic heterocycles. The summed E-state index contributed by atoms with van der Waals surface area (Å²) >= 11 is 8.52. The van der Waals surface area contributed by atoms with Gasteiger partial charge in [0.25, 0.3) is 0 Å². The maximum Gasteiger partial charge on any atom is 0.306 e. The lowest BCUT2D eigenvalue weighted by molar-refractivity contribution is -0.142. The quantitative estimate of drug-likeness (QED) is 0.414. The fraction of sp³-hybridized carbons (Fsp3) is 0.625. The van der Waals surface area contributed by atoms with E-state index in [-0.39, 0.29) is 12.6 Å². The third-order valence-corrected chi connectivity index (χ3v) is 1.93. The molecule has 0 saturated heterocycles. The largest absolute Gasteiger partial charge is 0.461 e. The molecule has 0 spiro atoms. The molecule has 0 fully saturated rings. The van der Waals surface area contributed by atoms with E-state index in [1.54, 1.807) is 6.08 Å². The molecule has 0 rings (SSSR count). The molecule has 0 saturated carbocycles. The van der Waals surface area contributed by atoms with E-state index in [0.29, 0.717) is 6.42 Å². The molecule has 0 aromatic carbocycles. The Balaban J connectivity index is 3.21. The topological polar surface area (TPSA) is 26.3 Å². The van der Waals surface area contributed by atoms with Gasteiger partial charge in [0.05, 0.1) is 0 Å². The van der Waals surface area contributed by atoms with E-state index in [1.165, 1.54) is 5.54 Å². The Bertz CT molecular complexity index is 148. The number of carbonyl (C=O) groups excluding carboxylic acids is 1. The number of unbranched alkanes of at least 4 members (excludes halogenated alkanes) is 1. The average molecular weight is 256 g/mol. The molecule has 0 bridgehead atoms. The number of esters is 1. The van der Waals surface area contributed by atoms with Gasteiger partial charge < -0.3 is 4.74 Å². The molecular weight excluding hydrogens is 243 g/mol. The van der Waals surface area contributed by atoms with E-state index >= 15 is 0 Å². The highest BCUT2D eigenvalue weighted by Crippen LogP contribution is 2.00. The van der Waals surface area contributed by atoms with Gasteiger partial charge in [-0.15, -0.1) is 0 Å². The molecule has 0 N–H and O–H groups in total. The molecule has 0 aromatic rings. The molecule has 0 aliphatic carbocycles. The van der Waals surface area contributed by atoms with Crippen molar-refractivity contribution in [1.82, 2.24) is 0 Å². The lowest BCUT2D eigenvalue weighted by Gasteiger charge is -1.99. The zero-order valence-electron chi connectivity index (χ0n) is 6.76. The summed E-state index contributed by atoms with van der Waals surface area (Å²) in [5.74, 6) is -0.161. The van der Waals surface area contributed by atoms with E-state index in [0.717, 1.165) is 18.2 Å². The normalized spacial score (nSPS) is 10.5. The molecule has 70 valence electrons. The Labute approximate surface area is 86.1 Å². The number of ether oxygens (including phenoxy) is 1. The van der Waals surface area contributed by atoms with Gasteiger partial charge in [0.1, 0.15) is 6.61 Å². The third-order valence-electron chi connectivity index (χ3n) is 1.19. The van der Waals surface area contributed by atoms with Crippen LogP contribution in [-0.4, -0.2) is 17.9 Å². The van der Waals surface area contributed by atoms with E-state index in [4.69, 9.17) is 16.3 Å². The first-order valence-corrected chi connectivity index (χ1v) is 5.34. The average Bonchev–Trinajstić information content (AvgIpc) is 2.06. The molecule has 0 unspecified atom stereocenters. The van der Waals surface area contributed by atoms with Crippen LogP contribution in [-0.2, 0) is 9.53 Å². The first-order chi connectivity index (χ1) is 5.81. The SMILES string of the molecule is O=C(CCCCBr)OC/C=C/Cl. The van der Waals surface area contributed by atoms with Crippen molar-refractivity contribution in [3.8, 4) is 0 Å². The second kappa shape index (κ2) is 9.07. The number of halogens is 2. The zero-order valence-corrected chi connectivity index (χ0v) is 9.10. The lowest BCUT2D eigenvalue weighted by Crippen LogP contribution is -2.03. The van der Waals surface area contributed by atoms with Crippen LogP contribution in [0.2, 0.25) is 0 Å². The van der Waals surface area contributed by atoms with Crippen LogP contribution >= 0.6 is 27.5 Å². The minimum atomic E-state index is -0.161. The summed E-state index contributed by atoms with van der Waals surface area (Å²) in [5, 5.41) is 0.932. The van der Waals surface area contributed by atoms with Gasteiger partial charge in [-0.1, -0.05) is 27.5 Å². The predicted octanol–water partition coefficient (Wildman–Crippen LogP) is 2.85. The van der Waals surface area contributed by atoms with Crippen molar-refractivity contribution in [3.63, 3.8) is 0 Å². The van der Waals surface area contributed by atoms with Crippen molar-refractivity contribution in [3.05, 3.63) is 11.6 Å². The number of hydrogen-bond donors (Lipinski definition) is 0. The highest BCUT2D eigenvalue weighted by atomic mass is 79.9. The summed E-state index contributed by atoms with van der Waals surface area (Å²) in [7, 11) is 0. The van der Waals surface area contributed by atoms with E-state index in [1.807, 2.05) is 0 Å². The minimum Gasteiger partial charge on any atom is -0.461 e. The molecule has 0 heterocycles. The van der Waals surface area contributed by atoms with Crippen molar-refractivity contribution in [2.24, 2.45) is 0 Å². The summed E-state index contributed by atoms with van der Waals surface area (Å²) in [6, 6.07) is 0. The van der Waals surface area contributed by atoms with Gasteiger partial charge in [-0.2, -0.15) is 0 Å². The molecule has 4 heteroatoms. The van der Waals surface area contributed by atoms with Crippen LogP contribution in [0.3, 0.4) is 0 Å². The first-order valence-electron chi connectivity index (χ1n) is 3.78. The van der Waals surface area contributed by atoms with Gasteiger partial charge in [-0.05, 0) is 18.9 Å². The summed E-state index contributed by atoms with van der Waals surface area (Å²) in [6.07, 6.45) is 3.95. The highest BCUT2D eigenvalue weighted by molar-refractivity contribution is 9.09. The molecule has 0 aliphatic heterocycles. The molecule has 0 amide bonds. The van der Waals surface area contributed by atoms with Crippen LogP contribution in [0, 0.1) is 0 Å². The Morgan fingerprint density at radius 3 is 2.83 bits per heavy atom. The minimum absolute atomic E-state index is 0.161. The second-order valence-electron chi connectivity index (χ2n) is 2.19. The standard InChI is InChI=1S/C8H12BrClO2/c9-5-2-1-4-8(11)12-7-3-6-10/h3,6H,1-2,4-5,7H2/b6-3+. The molecule has 0 atom stereocenters. The monoisotopic (exact) mass is 254 g/mol. The molecule has 0 radical (unpaired) electrons. The number of hydrogen-bond acceptors (Lipinski definition) is 2. The van der Waals surface area contributed by atoms with E-state index < -0.39 is 0 Å². The molecule has 2 nitrogen and oxygen atoms in total. The van der Waals surface area contributed by atoms with Crippen LogP contribution in [0.25, 0.3) is 0 Å². The summed E-state index contributed by atoms with van der Waals surface area (Å²) in [5.41, 5.74) is 1.34. The summed E-state index contributed by atoms with van der Waals surface area (Å²) in [4.78, 5) is 10.9. The highest BCUT2D eigenvalue weighted by Gasteiger charge is 1.99. The number of rotatable bonds is 6. The van der Waals surface area contributed by atoms with Crippen molar-refractivity contribution in [1.29, 1.82) is 0 Å². The van der Waals surface area contributed by atoms with Crippen LogP contribution in [0.15, 0.2) is 11.6 Å². The van der Waals surface area contributed by atoms with Crippen molar-refractivity contribution in [2.45, 2.75) is 19.3 Å². The van der Waals surface area contributed by atoms with Crippen molar-refractivity contribution < 1.29 is 9.53 Å². The predicted molar refractivity (Wildman–Crippen MR) is 53.6 cm³/mol. The molecule has 0 aliphatic rings. The fourth-order valence-electron chi connectivity index (χ4n) is 0.613. The zero-order chi connectivity index (χ0) is 9.23. The molecule has 12 heavy (non-hydrogen) atoms. The van der Waals surface area contributed by atoms with Gasteiger partial charge >= 0.3 is 5.97 Å². The van der Waals surface area contributed by atoms with Crippen LogP contribution in [0.5, 0.6) is 0 Å². The third kappa shape index (κ3) is 8.08. The summed E-state index contributed by atoms with van der Waals surface area (Å²) < 4.78 is 4.80. The van der Waals surface area contributed by atoms with Crippen LogP contribution in [0.1, 0.15) is 19.3 Å². The maximum absolute atomic E-state index is 10.9. The van der Waals surface area contributed by atoms with Crippen molar-refractivity contribution >= 4 is 33.5 Å². The maximum atomic E-state index is 10.9. The van der Waals surface area contributed by atoms with Gasteiger partial charge in [-0.3, -0.25) is 4.79 Å². The Hall–Kier alpha value is -0.0200. The van der Waals surface area contributed by atoms with Gasteiger partial charge in [0.2, 0.25) is 0 Å². The Morgan fingerprint density at radius 1 is 1.50 bits per heavy atom. The van der Waals surface area contributed by atoms with Crippen LogP contribution in [0.4, 0.5) is 0 Å². The summed E-state index contributed by atoms with van der Waals surface area (Å²) in [6.45, 7) is 0.274.